The quantitative estimate of drug-likeness (QED) is 0.730. The van der Waals surface area contributed by atoms with Crippen LogP contribution in [0.25, 0.3) is 0 Å². The Bertz CT molecular complexity index is 378. The second-order valence-electron chi connectivity index (χ2n) is 4.38. The molecule has 2 nitrogen and oxygen atoms in total. The maximum atomic E-state index is 11.7. The fourth-order valence-corrected chi connectivity index (χ4v) is 1.58. The van der Waals surface area contributed by atoms with E-state index in [-0.39, 0.29) is 5.97 Å². The van der Waals surface area contributed by atoms with Crippen LogP contribution >= 0.6 is 15.9 Å². The SMILES string of the molecule is Cc1cc(Br)[c]cc1C(=O)OC(C)(C)C. The molecule has 0 amide bonds. The molecule has 1 rings (SSSR count). The van der Waals surface area contributed by atoms with E-state index in [1.807, 2.05) is 33.8 Å². The molecule has 0 atom stereocenters. The summed E-state index contributed by atoms with van der Waals surface area (Å²) in [4.78, 5) is 11.7. The maximum absolute atomic E-state index is 11.7. The summed E-state index contributed by atoms with van der Waals surface area (Å²) in [5, 5.41) is 0. The van der Waals surface area contributed by atoms with Crippen molar-refractivity contribution in [3.8, 4) is 0 Å². The van der Waals surface area contributed by atoms with Crippen molar-refractivity contribution >= 4 is 21.9 Å². The molecule has 1 aromatic carbocycles. The van der Waals surface area contributed by atoms with Gasteiger partial charge in [0.05, 0.1) is 5.56 Å². The summed E-state index contributed by atoms with van der Waals surface area (Å²) in [5.41, 5.74) is 0.986. The zero-order valence-electron chi connectivity index (χ0n) is 9.35. The number of carbonyl (C=O) groups is 1. The van der Waals surface area contributed by atoms with E-state index in [9.17, 15) is 4.79 Å². The molecule has 0 fully saturated rings. The number of hydrogen-bond acceptors (Lipinski definition) is 2. The number of aryl methyl sites for hydroxylation is 1. The summed E-state index contributed by atoms with van der Waals surface area (Å²) < 4.78 is 6.11. The summed E-state index contributed by atoms with van der Waals surface area (Å²) in [6.45, 7) is 7.42. The zero-order valence-corrected chi connectivity index (χ0v) is 10.9. The van der Waals surface area contributed by atoms with Gasteiger partial charge in [-0.1, -0.05) is 15.9 Å². The van der Waals surface area contributed by atoms with Gasteiger partial charge in [-0.3, -0.25) is 0 Å². The predicted octanol–water partition coefficient (Wildman–Crippen LogP) is 3.51. The van der Waals surface area contributed by atoms with Crippen LogP contribution in [0.2, 0.25) is 0 Å². The third kappa shape index (κ3) is 3.67. The van der Waals surface area contributed by atoms with E-state index in [2.05, 4.69) is 22.0 Å². The number of rotatable bonds is 1. The molecule has 0 aromatic heterocycles. The van der Waals surface area contributed by atoms with Crippen LogP contribution in [0.1, 0.15) is 36.7 Å². The highest BCUT2D eigenvalue weighted by molar-refractivity contribution is 9.10. The van der Waals surface area contributed by atoms with Crippen molar-refractivity contribution in [3.63, 3.8) is 0 Å². The molecule has 1 aromatic rings. The first-order valence-electron chi connectivity index (χ1n) is 4.71. The van der Waals surface area contributed by atoms with Crippen molar-refractivity contribution in [1.29, 1.82) is 0 Å². The molecule has 1 radical (unpaired) electrons. The number of ether oxygens (including phenoxy) is 1. The topological polar surface area (TPSA) is 26.3 Å². The smallest absolute Gasteiger partial charge is 0.338 e. The molecule has 0 spiro atoms. The lowest BCUT2D eigenvalue weighted by molar-refractivity contribution is 0.00687. The van der Waals surface area contributed by atoms with E-state index in [0.29, 0.717) is 5.56 Å². The molecule has 0 saturated heterocycles. The molecule has 0 saturated carbocycles. The number of halogens is 1. The molecular weight excluding hydrogens is 256 g/mol. The summed E-state index contributed by atoms with van der Waals surface area (Å²) in [5.74, 6) is -0.302. The third-order valence-electron chi connectivity index (χ3n) is 1.74. The molecule has 0 heterocycles. The molecular formula is C12H14BrO2. The Morgan fingerprint density at radius 2 is 2.07 bits per heavy atom. The largest absolute Gasteiger partial charge is 0.456 e. The van der Waals surface area contributed by atoms with Crippen LogP contribution in [0, 0.1) is 13.0 Å². The van der Waals surface area contributed by atoms with Crippen LogP contribution in [0.5, 0.6) is 0 Å². The van der Waals surface area contributed by atoms with Gasteiger partial charge in [0.2, 0.25) is 0 Å². The van der Waals surface area contributed by atoms with Crippen molar-refractivity contribution < 1.29 is 9.53 Å². The van der Waals surface area contributed by atoms with Crippen LogP contribution in [-0.4, -0.2) is 11.6 Å². The monoisotopic (exact) mass is 269 g/mol. The minimum absolute atomic E-state index is 0.302. The van der Waals surface area contributed by atoms with Crippen molar-refractivity contribution in [3.05, 3.63) is 33.8 Å². The van der Waals surface area contributed by atoms with Gasteiger partial charge in [-0.15, -0.1) is 0 Å². The normalized spacial score (nSPS) is 11.3. The molecule has 0 N–H and O–H groups in total. The lowest BCUT2D eigenvalue weighted by Crippen LogP contribution is -2.24. The average molecular weight is 270 g/mol. The Kier molecular flexibility index (Phi) is 3.55. The number of benzene rings is 1. The van der Waals surface area contributed by atoms with Gasteiger partial charge in [0, 0.05) is 4.47 Å². The predicted molar refractivity (Wildman–Crippen MR) is 62.9 cm³/mol. The number of esters is 1. The summed E-state index contributed by atoms with van der Waals surface area (Å²) in [6, 6.07) is 6.42. The highest BCUT2D eigenvalue weighted by Gasteiger charge is 2.19. The Morgan fingerprint density at radius 1 is 1.47 bits per heavy atom. The zero-order chi connectivity index (χ0) is 11.6. The minimum atomic E-state index is -0.462. The standard InChI is InChI=1S/C12H14BrO2/c1-8-7-9(13)5-6-10(8)11(14)15-12(2,3)4/h6-7H,1-4H3. The Morgan fingerprint density at radius 3 is 2.53 bits per heavy atom. The first-order chi connectivity index (χ1) is 6.79. The summed E-state index contributed by atoms with van der Waals surface area (Å²) in [7, 11) is 0. The minimum Gasteiger partial charge on any atom is -0.456 e. The maximum Gasteiger partial charge on any atom is 0.338 e. The first kappa shape index (κ1) is 12.2. The second kappa shape index (κ2) is 4.35. The highest BCUT2D eigenvalue weighted by Crippen LogP contribution is 2.18. The van der Waals surface area contributed by atoms with E-state index >= 15 is 0 Å². The Hall–Kier alpha value is -0.830. The van der Waals surface area contributed by atoms with Crippen LogP contribution in [0.15, 0.2) is 16.6 Å². The molecule has 0 aliphatic carbocycles. The number of carbonyl (C=O) groups excluding carboxylic acids is 1. The summed E-state index contributed by atoms with van der Waals surface area (Å²) >= 11 is 3.30. The van der Waals surface area contributed by atoms with Gasteiger partial charge >= 0.3 is 5.97 Å². The average Bonchev–Trinajstić information content (AvgIpc) is 1.99. The van der Waals surface area contributed by atoms with Gasteiger partial charge in [0.15, 0.2) is 0 Å². The van der Waals surface area contributed by atoms with Crippen molar-refractivity contribution in [2.75, 3.05) is 0 Å². The third-order valence-corrected chi connectivity index (χ3v) is 2.20. The van der Waals surface area contributed by atoms with E-state index in [1.54, 1.807) is 6.07 Å². The van der Waals surface area contributed by atoms with E-state index in [1.165, 1.54) is 0 Å². The molecule has 0 aliphatic heterocycles. The van der Waals surface area contributed by atoms with Crippen LogP contribution in [0.4, 0.5) is 0 Å². The van der Waals surface area contributed by atoms with E-state index in [4.69, 9.17) is 4.74 Å². The molecule has 0 bridgehead atoms. The summed E-state index contributed by atoms with van der Waals surface area (Å²) in [6.07, 6.45) is 0. The highest BCUT2D eigenvalue weighted by atomic mass is 79.9. The van der Waals surface area contributed by atoms with Gasteiger partial charge in [-0.25, -0.2) is 4.79 Å². The van der Waals surface area contributed by atoms with Crippen LogP contribution < -0.4 is 0 Å². The van der Waals surface area contributed by atoms with Crippen LogP contribution in [-0.2, 0) is 4.74 Å². The van der Waals surface area contributed by atoms with Gasteiger partial charge < -0.3 is 4.74 Å². The Labute approximate surface area is 98.8 Å². The number of hydrogen-bond donors (Lipinski definition) is 0. The lowest BCUT2D eigenvalue weighted by atomic mass is 10.1. The lowest BCUT2D eigenvalue weighted by Gasteiger charge is -2.20. The second-order valence-corrected chi connectivity index (χ2v) is 5.23. The fourth-order valence-electron chi connectivity index (χ4n) is 1.12. The molecule has 0 unspecified atom stereocenters. The van der Waals surface area contributed by atoms with Crippen molar-refractivity contribution in [2.45, 2.75) is 33.3 Å². The van der Waals surface area contributed by atoms with Crippen molar-refractivity contribution in [2.24, 2.45) is 0 Å². The van der Waals surface area contributed by atoms with Crippen molar-refractivity contribution in [1.82, 2.24) is 0 Å². The van der Waals surface area contributed by atoms with Gasteiger partial charge in [-0.05, 0) is 51.5 Å². The van der Waals surface area contributed by atoms with Gasteiger partial charge in [0.1, 0.15) is 5.60 Å². The van der Waals surface area contributed by atoms with E-state index < -0.39 is 5.60 Å². The fraction of sp³-hybridized carbons (Fsp3) is 0.417. The van der Waals surface area contributed by atoms with Gasteiger partial charge in [0.25, 0.3) is 0 Å². The van der Waals surface area contributed by atoms with Gasteiger partial charge in [-0.2, -0.15) is 0 Å². The first-order valence-corrected chi connectivity index (χ1v) is 5.50. The Balaban J connectivity index is 2.92. The van der Waals surface area contributed by atoms with Crippen LogP contribution in [0.3, 0.4) is 0 Å². The van der Waals surface area contributed by atoms with E-state index in [0.717, 1.165) is 10.0 Å². The molecule has 81 valence electrons. The molecule has 0 aliphatic rings. The molecule has 3 heteroatoms. The molecule has 15 heavy (non-hydrogen) atoms.